The predicted molar refractivity (Wildman–Crippen MR) is 47.3 cm³/mol. The van der Waals surface area contributed by atoms with Gasteiger partial charge in [-0.1, -0.05) is 19.1 Å². The molecule has 2 heteroatoms. The second kappa shape index (κ2) is 3.39. The van der Waals surface area contributed by atoms with Crippen LogP contribution in [0.5, 0.6) is 0 Å². The molecule has 0 fully saturated rings. The summed E-state index contributed by atoms with van der Waals surface area (Å²) in [5, 5.41) is 1.70. The molecule has 0 bridgehead atoms. The first kappa shape index (κ1) is 8.08. The molecule has 2 N–H and O–H groups in total. The van der Waals surface area contributed by atoms with E-state index in [1.54, 1.807) is 5.01 Å². The highest BCUT2D eigenvalue weighted by atomic mass is 15.4. The van der Waals surface area contributed by atoms with E-state index in [1.165, 1.54) is 0 Å². The van der Waals surface area contributed by atoms with Gasteiger partial charge in [-0.05, 0) is 25.5 Å². The second-order valence-corrected chi connectivity index (χ2v) is 2.57. The molecule has 0 aliphatic carbocycles. The first-order chi connectivity index (χ1) is 5.25. The van der Waals surface area contributed by atoms with E-state index in [0.29, 0.717) is 0 Å². The Bertz CT molecular complexity index is 224. The summed E-state index contributed by atoms with van der Waals surface area (Å²) >= 11 is 0. The van der Waals surface area contributed by atoms with Gasteiger partial charge in [-0.15, -0.1) is 0 Å². The molecule has 11 heavy (non-hydrogen) atoms. The van der Waals surface area contributed by atoms with Crippen molar-refractivity contribution in [1.82, 2.24) is 5.01 Å². The van der Waals surface area contributed by atoms with Crippen LogP contribution in [-0.4, -0.2) is 5.01 Å². The second-order valence-electron chi connectivity index (χ2n) is 2.57. The standard InChI is InChI=1S/C9H14N2/c1-3-5-9-7-4-6-8(2)11(9)10/h4-7H,3,10H2,1-2H3/b9-5-. The Morgan fingerprint density at radius 2 is 2.36 bits per heavy atom. The summed E-state index contributed by atoms with van der Waals surface area (Å²) in [6.45, 7) is 4.09. The molecular formula is C9H14N2. The Kier molecular flexibility index (Phi) is 2.49. The third-order valence-corrected chi connectivity index (χ3v) is 1.68. The lowest BCUT2D eigenvalue weighted by molar-refractivity contribution is 0.459. The SMILES string of the molecule is CC/C=C1/C=CC=C(C)N1N. The van der Waals surface area contributed by atoms with Crippen molar-refractivity contribution in [2.75, 3.05) is 0 Å². The average Bonchev–Trinajstić information content (AvgIpc) is 1.99. The van der Waals surface area contributed by atoms with Crippen LogP contribution >= 0.6 is 0 Å². The normalized spacial score (nSPS) is 20.8. The van der Waals surface area contributed by atoms with Crippen LogP contribution < -0.4 is 5.84 Å². The van der Waals surface area contributed by atoms with Crippen LogP contribution in [0.2, 0.25) is 0 Å². The third-order valence-electron chi connectivity index (χ3n) is 1.68. The molecule has 0 radical (unpaired) electrons. The van der Waals surface area contributed by atoms with Gasteiger partial charge in [0.15, 0.2) is 0 Å². The molecule has 2 nitrogen and oxygen atoms in total. The zero-order valence-electron chi connectivity index (χ0n) is 7.04. The molecule has 0 atom stereocenters. The molecule has 0 aromatic rings. The van der Waals surface area contributed by atoms with E-state index in [1.807, 2.05) is 25.2 Å². The number of hydrogen-bond acceptors (Lipinski definition) is 2. The maximum Gasteiger partial charge on any atom is 0.0531 e. The molecule has 1 rings (SSSR count). The van der Waals surface area contributed by atoms with Crippen molar-refractivity contribution in [1.29, 1.82) is 0 Å². The van der Waals surface area contributed by atoms with Crippen LogP contribution in [0.4, 0.5) is 0 Å². The Morgan fingerprint density at radius 1 is 1.64 bits per heavy atom. The smallest absolute Gasteiger partial charge is 0.0531 e. The minimum atomic E-state index is 1.01. The van der Waals surface area contributed by atoms with Gasteiger partial charge in [0.1, 0.15) is 0 Å². The average molecular weight is 150 g/mol. The van der Waals surface area contributed by atoms with E-state index in [0.717, 1.165) is 17.8 Å². The Hall–Kier alpha value is -1.02. The molecule has 0 saturated heterocycles. The van der Waals surface area contributed by atoms with E-state index < -0.39 is 0 Å². The molecule has 1 aliphatic heterocycles. The van der Waals surface area contributed by atoms with Crippen molar-refractivity contribution in [3.63, 3.8) is 0 Å². The van der Waals surface area contributed by atoms with E-state index >= 15 is 0 Å². The number of nitrogens with two attached hydrogens (primary N) is 1. The molecule has 0 saturated carbocycles. The molecule has 0 aromatic carbocycles. The molecule has 60 valence electrons. The van der Waals surface area contributed by atoms with Gasteiger partial charge in [0.2, 0.25) is 0 Å². The van der Waals surface area contributed by atoms with Crippen molar-refractivity contribution < 1.29 is 0 Å². The Balaban J connectivity index is 2.81. The summed E-state index contributed by atoms with van der Waals surface area (Å²) in [5.41, 5.74) is 2.15. The van der Waals surface area contributed by atoms with Crippen LogP contribution in [-0.2, 0) is 0 Å². The molecule has 0 unspecified atom stereocenters. The maximum absolute atomic E-state index is 5.75. The molecule has 0 amide bonds. The fourth-order valence-electron chi connectivity index (χ4n) is 1.03. The topological polar surface area (TPSA) is 29.3 Å². The molecule has 0 spiro atoms. The zero-order valence-corrected chi connectivity index (χ0v) is 7.04. The van der Waals surface area contributed by atoms with Crippen molar-refractivity contribution in [3.8, 4) is 0 Å². The van der Waals surface area contributed by atoms with Crippen LogP contribution in [0.25, 0.3) is 0 Å². The molecule has 1 heterocycles. The van der Waals surface area contributed by atoms with Crippen molar-refractivity contribution in [2.24, 2.45) is 5.84 Å². The lowest BCUT2D eigenvalue weighted by atomic mass is 10.2. The van der Waals surface area contributed by atoms with Gasteiger partial charge in [0.05, 0.1) is 5.70 Å². The van der Waals surface area contributed by atoms with Crippen LogP contribution in [0, 0.1) is 0 Å². The third kappa shape index (κ3) is 1.71. The summed E-state index contributed by atoms with van der Waals surface area (Å²) in [6, 6.07) is 0. The molecular weight excluding hydrogens is 136 g/mol. The summed E-state index contributed by atoms with van der Waals surface area (Å²) in [7, 11) is 0. The number of nitrogens with zero attached hydrogens (tertiary/aromatic N) is 1. The van der Waals surface area contributed by atoms with Gasteiger partial charge < -0.3 is 0 Å². The highest BCUT2D eigenvalue weighted by molar-refractivity contribution is 5.30. The van der Waals surface area contributed by atoms with Crippen LogP contribution in [0.1, 0.15) is 20.3 Å². The minimum Gasteiger partial charge on any atom is -0.284 e. The van der Waals surface area contributed by atoms with Crippen molar-refractivity contribution in [2.45, 2.75) is 20.3 Å². The van der Waals surface area contributed by atoms with E-state index in [2.05, 4.69) is 13.0 Å². The Labute approximate surface area is 67.7 Å². The largest absolute Gasteiger partial charge is 0.284 e. The van der Waals surface area contributed by atoms with E-state index in [4.69, 9.17) is 5.84 Å². The number of allylic oxidation sites excluding steroid dienone is 5. The molecule has 1 aliphatic rings. The predicted octanol–water partition coefficient (Wildman–Crippen LogP) is 1.93. The van der Waals surface area contributed by atoms with E-state index in [9.17, 15) is 0 Å². The van der Waals surface area contributed by atoms with Gasteiger partial charge in [-0.25, -0.2) is 5.84 Å². The highest BCUT2D eigenvalue weighted by Gasteiger charge is 2.05. The summed E-state index contributed by atoms with van der Waals surface area (Å²) < 4.78 is 0. The van der Waals surface area contributed by atoms with Gasteiger partial charge in [0, 0.05) is 5.70 Å². The lowest BCUT2D eigenvalue weighted by Crippen LogP contribution is -2.28. The quantitative estimate of drug-likeness (QED) is 0.579. The number of hydrogen-bond donors (Lipinski definition) is 1. The first-order valence-electron chi connectivity index (χ1n) is 3.85. The fourth-order valence-corrected chi connectivity index (χ4v) is 1.03. The zero-order chi connectivity index (χ0) is 8.27. The Morgan fingerprint density at radius 3 is 3.00 bits per heavy atom. The van der Waals surface area contributed by atoms with Gasteiger partial charge in [0.25, 0.3) is 0 Å². The molecule has 0 aromatic heterocycles. The van der Waals surface area contributed by atoms with Crippen LogP contribution in [0.3, 0.4) is 0 Å². The van der Waals surface area contributed by atoms with Gasteiger partial charge >= 0.3 is 0 Å². The first-order valence-corrected chi connectivity index (χ1v) is 3.85. The van der Waals surface area contributed by atoms with E-state index in [-0.39, 0.29) is 0 Å². The summed E-state index contributed by atoms with van der Waals surface area (Å²) in [4.78, 5) is 0. The minimum absolute atomic E-state index is 1.01. The lowest BCUT2D eigenvalue weighted by Gasteiger charge is -2.22. The van der Waals surface area contributed by atoms with Gasteiger partial charge in [-0.2, -0.15) is 0 Å². The van der Waals surface area contributed by atoms with Crippen LogP contribution in [0.15, 0.2) is 35.7 Å². The van der Waals surface area contributed by atoms with Crippen molar-refractivity contribution in [3.05, 3.63) is 35.7 Å². The summed E-state index contributed by atoms with van der Waals surface area (Å²) in [5.74, 6) is 5.75. The monoisotopic (exact) mass is 150 g/mol. The highest BCUT2D eigenvalue weighted by Crippen LogP contribution is 2.14. The fraction of sp³-hybridized carbons (Fsp3) is 0.333. The van der Waals surface area contributed by atoms with Gasteiger partial charge in [-0.3, -0.25) is 5.01 Å². The maximum atomic E-state index is 5.75. The summed E-state index contributed by atoms with van der Waals surface area (Å²) in [6.07, 6.45) is 9.14. The number of rotatable bonds is 1. The van der Waals surface area contributed by atoms with Crippen molar-refractivity contribution >= 4 is 0 Å². The number of hydrazine groups is 1.